The van der Waals surface area contributed by atoms with E-state index < -0.39 is 0 Å². The molecule has 0 radical (unpaired) electrons. The van der Waals surface area contributed by atoms with E-state index >= 15 is 0 Å². The number of aliphatic hydroxyl groups is 1. The smallest absolute Gasteiger partial charge is 0.163 e. The topological polar surface area (TPSA) is 37.3 Å². The van der Waals surface area contributed by atoms with Gasteiger partial charge in [0.05, 0.1) is 6.61 Å². The molecule has 0 spiro atoms. The standard InChI is InChI=1S/C16H14O2/c17-10-11-2-1-3-13(8-11)14-5-4-12-6-7-16(18)15(12)9-14/h1-5,8-9,17H,6-7,10H2. The van der Waals surface area contributed by atoms with E-state index in [9.17, 15) is 4.79 Å². The molecule has 0 atom stereocenters. The first-order valence-electron chi connectivity index (χ1n) is 6.14. The van der Waals surface area contributed by atoms with Crippen molar-refractivity contribution in [3.05, 3.63) is 59.2 Å². The molecule has 0 aliphatic heterocycles. The molecule has 2 aromatic rings. The third-order valence-electron chi connectivity index (χ3n) is 3.47. The van der Waals surface area contributed by atoms with Crippen molar-refractivity contribution in [2.24, 2.45) is 0 Å². The Kier molecular flexibility index (Phi) is 2.73. The number of ketones is 1. The van der Waals surface area contributed by atoms with E-state index in [-0.39, 0.29) is 12.4 Å². The summed E-state index contributed by atoms with van der Waals surface area (Å²) in [7, 11) is 0. The largest absolute Gasteiger partial charge is 0.392 e. The lowest BCUT2D eigenvalue weighted by Crippen LogP contribution is -1.92. The van der Waals surface area contributed by atoms with Crippen LogP contribution >= 0.6 is 0 Å². The van der Waals surface area contributed by atoms with Gasteiger partial charge in [0.2, 0.25) is 0 Å². The van der Waals surface area contributed by atoms with E-state index in [2.05, 4.69) is 0 Å². The summed E-state index contributed by atoms with van der Waals surface area (Å²) < 4.78 is 0. The van der Waals surface area contributed by atoms with E-state index in [1.54, 1.807) is 0 Å². The molecule has 1 aliphatic carbocycles. The van der Waals surface area contributed by atoms with Crippen LogP contribution in [0.15, 0.2) is 42.5 Å². The van der Waals surface area contributed by atoms with Gasteiger partial charge in [0.15, 0.2) is 5.78 Å². The first-order chi connectivity index (χ1) is 8.78. The van der Waals surface area contributed by atoms with Gasteiger partial charge < -0.3 is 5.11 Å². The third-order valence-corrected chi connectivity index (χ3v) is 3.47. The van der Waals surface area contributed by atoms with Crippen LogP contribution in [0.5, 0.6) is 0 Å². The number of fused-ring (bicyclic) bond motifs is 1. The number of aliphatic hydroxyl groups excluding tert-OH is 1. The fourth-order valence-electron chi connectivity index (χ4n) is 2.47. The Bertz CT molecular complexity index is 614. The van der Waals surface area contributed by atoms with Gasteiger partial charge in [-0.25, -0.2) is 0 Å². The second-order valence-corrected chi connectivity index (χ2v) is 4.65. The van der Waals surface area contributed by atoms with Crippen molar-refractivity contribution < 1.29 is 9.90 Å². The lowest BCUT2D eigenvalue weighted by atomic mass is 9.99. The molecule has 0 unspecified atom stereocenters. The first-order valence-corrected chi connectivity index (χ1v) is 6.14. The van der Waals surface area contributed by atoms with Crippen LogP contribution in [-0.2, 0) is 13.0 Å². The molecule has 2 nitrogen and oxygen atoms in total. The predicted molar refractivity (Wildman–Crippen MR) is 70.5 cm³/mol. The van der Waals surface area contributed by atoms with Crippen LogP contribution in [0.25, 0.3) is 11.1 Å². The molecule has 90 valence electrons. The summed E-state index contributed by atoms with van der Waals surface area (Å²) in [5, 5.41) is 9.15. The maximum Gasteiger partial charge on any atom is 0.163 e. The minimum absolute atomic E-state index is 0.0394. The van der Waals surface area contributed by atoms with Gasteiger partial charge in [-0.05, 0) is 40.8 Å². The van der Waals surface area contributed by atoms with Gasteiger partial charge in [-0.15, -0.1) is 0 Å². The number of aryl methyl sites for hydroxylation is 1. The number of carbonyl (C=O) groups is 1. The van der Waals surface area contributed by atoms with E-state index in [4.69, 9.17) is 5.11 Å². The van der Waals surface area contributed by atoms with E-state index in [0.29, 0.717) is 6.42 Å². The monoisotopic (exact) mass is 238 g/mol. The normalized spacial score (nSPS) is 13.7. The van der Waals surface area contributed by atoms with E-state index in [0.717, 1.165) is 34.2 Å². The Morgan fingerprint density at radius 1 is 1.00 bits per heavy atom. The molecule has 0 aromatic heterocycles. The van der Waals surface area contributed by atoms with Crippen molar-refractivity contribution in [2.45, 2.75) is 19.4 Å². The summed E-state index contributed by atoms with van der Waals surface area (Å²) in [5.41, 5.74) is 4.99. The highest BCUT2D eigenvalue weighted by Crippen LogP contribution is 2.28. The maximum absolute atomic E-state index is 11.7. The molecule has 0 saturated heterocycles. The van der Waals surface area contributed by atoms with Crippen molar-refractivity contribution in [1.29, 1.82) is 0 Å². The predicted octanol–water partition coefficient (Wildman–Crippen LogP) is 2.97. The average Bonchev–Trinajstić information content (AvgIpc) is 2.80. The van der Waals surface area contributed by atoms with Crippen molar-refractivity contribution in [3.63, 3.8) is 0 Å². The first kappa shape index (κ1) is 11.2. The fraction of sp³-hybridized carbons (Fsp3) is 0.188. The summed E-state index contributed by atoms with van der Waals surface area (Å²) in [6, 6.07) is 13.8. The fourth-order valence-corrected chi connectivity index (χ4v) is 2.47. The molecule has 0 amide bonds. The molecule has 3 rings (SSSR count). The highest BCUT2D eigenvalue weighted by molar-refractivity contribution is 6.01. The molecular weight excluding hydrogens is 224 g/mol. The van der Waals surface area contributed by atoms with E-state index in [1.165, 1.54) is 0 Å². The number of carbonyl (C=O) groups excluding carboxylic acids is 1. The van der Waals surface area contributed by atoms with Crippen molar-refractivity contribution in [1.82, 2.24) is 0 Å². The van der Waals surface area contributed by atoms with Gasteiger partial charge in [-0.3, -0.25) is 4.79 Å². The molecule has 2 aromatic carbocycles. The molecule has 0 fully saturated rings. The SMILES string of the molecule is O=C1CCc2ccc(-c3cccc(CO)c3)cc21. The van der Waals surface area contributed by atoms with Crippen molar-refractivity contribution >= 4 is 5.78 Å². The summed E-state index contributed by atoms with van der Waals surface area (Å²) in [4.78, 5) is 11.7. The molecule has 1 aliphatic rings. The van der Waals surface area contributed by atoms with Gasteiger partial charge in [-0.1, -0.05) is 30.3 Å². The number of rotatable bonds is 2. The second kappa shape index (κ2) is 4.39. The van der Waals surface area contributed by atoms with Gasteiger partial charge >= 0.3 is 0 Å². The Labute approximate surface area is 106 Å². The Morgan fingerprint density at radius 2 is 1.83 bits per heavy atom. The summed E-state index contributed by atoms with van der Waals surface area (Å²) in [6.07, 6.45) is 1.50. The van der Waals surface area contributed by atoms with Crippen LogP contribution in [0.3, 0.4) is 0 Å². The lowest BCUT2D eigenvalue weighted by molar-refractivity contribution is 0.0994. The van der Waals surface area contributed by atoms with Gasteiger partial charge in [-0.2, -0.15) is 0 Å². The summed E-state index contributed by atoms with van der Waals surface area (Å²) >= 11 is 0. The summed E-state index contributed by atoms with van der Waals surface area (Å²) in [6.45, 7) is 0.0394. The molecule has 0 bridgehead atoms. The zero-order valence-electron chi connectivity index (χ0n) is 10.0. The zero-order valence-corrected chi connectivity index (χ0v) is 10.0. The highest BCUT2D eigenvalue weighted by Gasteiger charge is 2.19. The van der Waals surface area contributed by atoms with Crippen LogP contribution in [0.1, 0.15) is 27.9 Å². The van der Waals surface area contributed by atoms with Gasteiger partial charge in [0.25, 0.3) is 0 Å². The molecular formula is C16H14O2. The Hall–Kier alpha value is -1.93. The lowest BCUT2D eigenvalue weighted by Gasteiger charge is -2.06. The van der Waals surface area contributed by atoms with Crippen LogP contribution in [0, 0.1) is 0 Å². The Balaban J connectivity index is 2.07. The molecule has 0 saturated carbocycles. The van der Waals surface area contributed by atoms with Crippen LogP contribution in [0.4, 0.5) is 0 Å². The van der Waals surface area contributed by atoms with Crippen molar-refractivity contribution in [3.8, 4) is 11.1 Å². The molecule has 1 N–H and O–H groups in total. The molecule has 18 heavy (non-hydrogen) atoms. The minimum atomic E-state index is 0.0394. The van der Waals surface area contributed by atoms with Gasteiger partial charge in [0.1, 0.15) is 0 Å². The maximum atomic E-state index is 11.7. The number of benzene rings is 2. The molecule has 2 heteroatoms. The van der Waals surface area contributed by atoms with E-state index in [1.807, 2.05) is 42.5 Å². The number of hydrogen-bond acceptors (Lipinski definition) is 2. The zero-order chi connectivity index (χ0) is 12.5. The average molecular weight is 238 g/mol. The van der Waals surface area contributed by atoms with Gasteiger partial charge in [0, 0.05) is 12.0 Å². The number of Topliss-reactive ketones (excluding diaryl/α,β-unsaturated/α-hetero) is 1. The van der Waals surface area contributed by atoms with Crippen LogP contribution < -0.4 is 0 Å². The minimum Gasteiger partial charge on any atom is -0.392 e. The summed E-state index contributed by atoms with van der Waals surface area (Å²) in [5.74, 6) is 0.241. The van der Waals surface area contributed by atoms with Crippen molar-refractivity contribution in [2.75, 3.05) is 0 Å². The van der Waals surface area contributed by atoms with Crippen LogP contribution in [0.2, 0.25) is 0 Å². The Morgan fingerprint density at radius 3 is 2.67 bits per heavy atom. The number of hydrogen-bond donors (Lipinski definition) is 1. The second-order valence-electron chi connectivity index (χ2n) is 4.65. The highest BCUT2D eigenvalue weighted by atomic mass is 16.3. The van der Waals surface area contributed by atoms with Crippen LogP contribution in [-0.4, -0.2) is 10.9 Å². The molecule has 0 heterocycles. The quantitative estimate of drug-likeness (QED) is 0.873. The third kappa shape index (κ3) is 1.85.